The molecule has 0 aliphatic heterocycles. The Morgan fingerprint density at radius 3 is 2.48 bits per heavy atom. The zero-order chi connectivity index (χ0) is 16.8. The lowest BCUT2D eigenvalue weighted by Gasteiger charge is -2.20. The Kier molecular flexibility index (Phi) is 3.62. The first-order valence-electron chi connectivity index (χ1n) is 7.88. The Hall–Kier alpha value is -2.37. The number of nitrogens with zero attached hydrogens (tertiary/aromatic N) is 2. The van der Waals surface area contributed by atoms with Crippen LogP contribution in [0.2, 0.25) is 0 Å². The van der Waals surface area contributed by atoms with Gasteiger partial charge in [0.2, 0.25) is 5.91 Å². The van der Waals surface area contributed by atoms with Crippen LogP contribution in [0.4, 0.5) is 0 Å². The molecule has 0 radical (unpaired) electrons. The third-order valence-electron chi connectivity index (χ3n) is 4.47. The molecule has 1 amide bonds. The fourth-order valence-electron chi connectivity index (χ4n) is 2.97. The fourth-order valence-corrected chi connectivity index (χ4v) is 2.97. The number of carboxylic acids is 1. The summed E-state index contributed by atoms with van der Waals surface area (Å²) < 4.78 is 2.08. The summed E-state index contributed by atoms with van der Waals surface area (Å²) in [6, 6.07) is 7.66. The summed E-state index contributed by atoms with van der Waals surface area (Å²) in [5.41, 5.74) is 0.651. The second kappa shape index (κ2) is 5.37. The highest BCUT2D eigenvalue weighted by Gasteiger charge is 2.57. The number of benzene rings is 1. The van der Waals surface area contributed by atoms with Gasteiger partial charge in [0.25, 0.3) is 0 Å². The second-order valence-electron chi connectivity index (χ2n) is 6.50. The van der Waals surface area contributed by atoms with Gasteiger partial charge < -0.3 is 15.0 Å². The molecule has 2 N–H and O–H groups in total. The van der Waals surface area contributed by atoms with Crippen molar-refractivity contribution in [2.75, 3.05) is 0 Å². The van der Waals surface area contributed by atoms with Crippen LogP contribution in [-0.4, -0.2) is 26.5 Å². The molecule has 1 unspecified atom stereocenters. The van der Waals surface area contributed by atoms with E-state index in [1.807, 2.05) is 31.2 Å². The van der Waals surface area contributed by atoms with Crippen LogP contribution in [0.15, 0.2) is 24.3 Å². The highest BCUT2D eigenvalue weighted by molar-refractivity contribution is 6.04. The van der Waals surface area contributed by atoms with Crippen molar-refractivity contribution in [3.8, 4) is 0 Å². The van der Waals surface area contributed by atoms with Gasteiger partial charge in [0, 0.05) is 6.04 Å². The number of amides is 1. The topological polar surface area (TPSA) is 84.2 Å². The first kappa shape index (κ1) is 15.5. The van der Waals surface area contributed by atoms with Gasteiger partial charge >= 0.3 is 5.97 Å². The van der Waals surface area contributed by atoms with Gasteiger partial charge in [-0.3, -0.25) is 9.59 Å². The lowest BCUT2D eigenvalue weighted by molar-refractivity contribution is -0.149. The number of aliphatic carboxylic acids is 1. The van der Waals surface area contributed by atoms with Crippen molar-refractivity contribution in [2.45, 2.75) is 45.7 Å². The number of para-hydroxylation sites is 2. The number of imidazole rings is 1. The quantitative estimate of drug-likeness (QED) is 0.831. The minimum atomic E-state index is -1.23. The highest BCUT2D eigenvalue weighted by Crippen LogP contribution is 2.46. The van der Waals surface area contributed by atoms with Crippen molar-refractivity contribution in [2.24, 2.45) is 5.41 Å². The Morgan fingerprint density at radius 2 is 1.91 bits per heavy atom. The first-order chi connectivity index (χ1) is 10.9. The standard InChI is InChI=1S/C17H21N3O3/c1-10(2)20-13-7-5-4-6-12(13)19-14(20)11(3)18-15(21)17(8-9-17)16(22)23/h4-7,10-11H,8-9H2,1-3H3,(H,18,21)(H,22,23). The van der Waals surface area contributed by atoms with E-state index < -0.39 is 17.3 Å². The van der Waals surface area contributed by atoms with Crippen molar-refractivity contribution >= 4 is 22.9 Å². The van der Waals surface area contributed by atoms with Gasteiger partial charge in [0.05, 0.1) is 17.1 Å². The van der Waals surface area contributed by atoms with Gasteiger partial charge in [0.1, 0.15) is 11.2 Å². The molecule has 1 aliphatic rings. The van der Waals surface area contributed by atoms with Crippen LogP contribution >= 0.6 is 0 Å². The number of carboxylic acid groups (broad SMARTS) is 1. The predicted octanol–water partition coefficient (Wildman–Crippen LogP) is 2.66. The molecule has 0 saturated heterocycles. The number of rotatable bonds is 5. The maximum atomic E-state index is 12.3. The molecule has 6 heteroatoms. The van der Waals surface area contributed by atoms with Crippen molar-refractivity contribution in [3.63, 3.8) is 0 Å². The van der Waals surface area contributed by atoms with E-state index in [2.05, 4.69) is 28.7 Å². The third kappa shape index (κ3) is 2.48. The number of nitrogens with one attached hydrogen (secondary N) is 1. The van der Waals surface area contributed by atoms with Crippen molar-refractivity contribution < 1.29 is 14.7 Å². The minimum absolute atomic E-state index is 0.186. The van der Waals surface area contributed by atoms with E-state index in [0.29, 0.717) is 12.8 Å². The van der Waals surface area contributed by atoms with Crippen LogP contribution in [0, 0.1) is 5.41 Å². The van der Waals surface area contributed by atoms with Gasteiger partial charge in [-0.05, 0) is 45.7 Å². The second-order valence-corrected chi connectivity index (χ2v) is 6.50. The Bertz CT molecular complexity index is 774. The molecule has 1 fully saturated rings. The predicted molar refractivity (Wildman–Crippen MR) is 86.0 cm³/mol. The number of carbonyl (C=O) groups is 2. The molecule has 122 valence electrons. The van der Waals surface area contributed by atoms with E-state index >= 15 is 0 Å². The number of aromatic nitrogens is 2. The maximum Gasteiger partial charge on any atom is 0.319 e. The lowest BCUT2D eigenvalue weighted by Crippen LogP contribution is -2.39. The maximum absolute atomic E-state index is 12.3. The van der Waals surface area contributed by atoms with E-state index in [-0.39, 0.29) is 12.1 Å². The number of hydrogen-bond acceptors (Lipinski definition) is 3. The van der Waals surface area contributed by atoms with E-state index in [0.717, 1.165) is 16.9 Å². The monoisotopic (exact) mass is 315 g/mol. The van der Waals surface area contributed by atoms with Gasteiger partial charge in [-0.1, -0.05) is 12.1 Å². The molecule has 23 heavy (non-hydrogen) atoms. The van der Waals surface area contributed by atoms with E-state index in [4.69, 9.17) is 0 Å². The van der Waals surface area contributed by atoms with Crippen LogP contribution in [0.1, 0.15) is 51.5 Å². The summed E-state index contributed by atoms with van der Waals surface area (Å²) in [5.74, 6) is -0.713. The molecular formula is C17H21N3O3. The van der Waals surface area contributed by atoms with Crippen molar-refractivity contribution in [3.05, 3.63) is 30.1 Å². The average Bonchev–Trinajstić information content (AvgIpc) is 3.21. The molecule has 1 saturated carbocycles. The van der Waals surface area contributed by atoms with Crippen LogP contribution < -0.4 is 5.32 Å². The summed E-state index contributed by atoms with van der Waals surface area (Å²) in [6.45, 7) is 5.97. The zero-order valence-corrected chi connectivity index (χ0v) is 13.5. The number of fused-ring (bicyclic) bond motifs is 1. The van der Waals surface area contributed by atoms with Gasteiger partial charge in [-0.25, -0.2) is 4.98 Å². The van der Waals surface area contributed by atoms with Gasteiger partial charge in [0.15, 0.2) is 0 Å². The number of carbonyl (C=O) groups excluding carboxylic acids is 1. The van der Waals surface area contributed by atoms with Crippen LogP contribution in [0.5, 0.6) is 0 Å². The van der Waals surface area contributed by atoms with E-state index in [1.54, 1.807) is 0 Å². The molecule has 3 rings (SSSR count). The molecule has 6 nitrogen and oxygen atoms in total. The molecule has 1 atom stereocenters. The van der Waals surface area contributed by atoms with Gasteiger partial charge in [-0.15, -0.1) is 0 Å². The molecule has 1 aromatic carbocycles. The van der Waals surface area contributed by atoms with Crippen molar-refractivity contribution in [1.82, 2.24) is 14.9 Å². The highest BCUT2D eigenvalue weighted by atomic mass is 16.4. The molecule has 1 aromatic heterocycles. The van der Waals surface area contributed by atoms with Gasteiger partial charge in [-0.2, -0.15) is 0 Å². The molecule has 2 aromatic rings. The third-order valence-corrected chi connectivity index (χ3v) is 4.47. The number of hydrogen-bond donors (Lipinski definition) is 2. The summed E-state index contributed by atoms with van der Waals surface area (Å²) in [7, 11) is 0. The Morgan fingerprint density at radius 1 is 1.26 bits per heavy atom. The summed E-state index contributed by atoms with van der Waals surface area (Å²) in [5, 5.41) is 12.1. The van der Waals surface area contributed by atoms with Crippen molar-refractivity contribution in [1.29, 1.82) is 0 Å². The fraction of sp³-hybridized carbons (Fsp3) is 0.471. The Balaban J connectivity index is 1.92. The Labute approximate surface area is 134 Å². The van der Waals surface area contributed by atoms with E-state index in [9.17, 15) is 14.7 Å². The molecule has 0 bridgehead atoms. The lowest BCUT2D eigenvalue weighted by atomic mass is 10.1. The smallest absolute Gasteiger partial charge is 0.319 e. The van der Waals surface area contributed by atoms with Crippen LogP contribution in [-0.2, 0) is 9.59 Å². The summed E-state index contributed by atoms with van der Waals surface area (Å²) >= 11 is 0. The molecule has 0 spiro atoms. The van der Waals surface area contributed by atoms with E-state index in [1.165, 1.54) is 0 Å². The van der Waals surface area contributed by atoms with Crippen LogP contribution in [0.25, 0.3) is 11.0 Å². The normalized spacial score (nSPS) is 17.2. The first-order valence-corrected chi connectivity index (χ1v) is 7.88. The minimum Gasteiger partial charge on any atom is -0.480 e. The molecule has 1 heterocycles. The molecular weight excluding hydrogens is 294 g/mol. The zero-order valence-electron chi connectivity index (χ0n) is 13.5. The van der Waals surface area contributed by atoms with Crippen LogP contribution in [0.3, 0.4) is 0 Å². The average molecular weight is 315 g/mol. The molecule has 1 aliphatic carbocycles. The summed E-state index contributed by atoms with van der Waals surface area (Å²) in [4.78, 5) is 28.2. The largest absolute Gasteiger partial charge is 0.480 e. The SMILES string of the molecule is CC(NC(=O)C1(C(=O)O)CC1)c1nc2ccccc2n1C(C)C. The summed E-state index contributed by atoms with van der Waals surface area (Å²) in [6.07, 6.45) is 0.808.